The van der Waals surface area contributed by atoms with Crippen LogP contribution in [-0.4, -0.2) is 24.3 Å². The summed E-state index contributed by atoms with van der Waals surface area (Å²) in [4.78, 5) is 35.3. The molecule has 8 heteroatoms. The van der Waals surface area contributed by atoms with Crippen LogP contribution in [0.25, 0.3) is 0 Å². The van der Waals surface area contributed by atoms with E-state index in [1.807, 2.05) is 0 Å². The summed E-state index contributed by atoms with van der Waals surface area (Å²) in [6.07, 6.45) is 0. The lowest BCUT2D eigenvalue weighted by Gasteiger charge is -2.10. The van der Waals surface area contributed by atoms with Crippen LogP contribution in [0.1, 0.15) is 27.6 Å². The van der Waals surface area contributed by atoms with Crippen LogP contribution in [0.5, 0.6) is 0 Å². The summed E-state index contributed by atoms with van der Waals surface area (Å²) >= 11 is 17.7. The molecular weight excluding hydrogens is 389 g/mol. The number of carbonyl (C=O) groups is 3. The van der Waals surface area contributed by atoms with Crippen LogP contribution < -0.4 is 5.32 Å². The van der Waals surface area contributed by atoms with Gasteiger partial charge in [0.2, 0.25) is 0 Å². The van der Waals surface area contributed by atoms with Gasteiger partial charge in [0, 0.05) is 11.3 Å². The van der Waals surface area contributed by atoms with E-state index in [2.05, 4.69) is 5.32 Å². The molecule has 0 saturated carbocycles. The average Bonchev–Trinajstić information content (AvgIpc) is 2.57. The first-order valence-corrected chi connectivity index (χ1v) is 8.14. The molecule has 0 aliphatic carbocycles. The molecule has 1 amide bonds. The maximum atomic E-state index is 12.1. The lowest BCUT2D eigenvalue weighted by atomic mass is 10.1. The third-order valence-electron chi connectivity index (χ3n) is 3.14. The summed E-state index contributed by atoms with van der Waals surface area (Å²) < 4.78 is 4.91. The Morgan fingerprint density at radius 2 is 1.72 bits per heavy atom. The SMILES string of the molecule is CC(=O)c1cccc(NC(=O)COC(=O)c2c(Cl)ccc(Cl)c2Cl)c1. The highest BCUT2D eigenvalue weighted by Crippen LogP contribution is 2.31. The summed E-state index contributed by atoms with van der Waals surface area (Å²) in [5.41, 5.74) is 0.752. The van der Waals surface area contributed by atoms with Crippen LogP contribution in [0.4, 0.5) is 5.69 Å². The molecule has 0 bridgehead atoms. The van der Waals surface area contributed by atoms with Crippen molar-refractivity contribution in [2.45, 2.75) is 6.92 Å². The number of amides is 1. The zero-order valence-corrected chi connectivity index (χ0v) is 15.2. The van der Waals surface area contributed by atoms with Crippen molar-refractivity contribution in [2.75, 3.05) is 11.9 Å². The molecule has 0 atom stereocenters. The number of ketones is 1. The number of benzene rings is 2. The normalized spacial score (nSPS) is 10.2. The molecule has 1 N–H and O–H groups in total. The first kappa shape index (κ1) is 19.2. The Morgan fingerprint density at radius 1 is 1.04 bits per heavy atom. The average molecular weight is 401 g/mol. The van der Waals surface area contributed by atoms with E-state index in [0.29, 0.717) is 11.3 Å². The zero-order chi connectivity index (χ0) is 18.6. The number of ether oxygens (including phenoxy) is 1. The Hall–Kier alpha value is -2.08. The van der Waals surface area contributed by atoms with Crippen molar-refractivity contribution in [2.24, 2.45) is 0 Å². The quantitative estimate of drug-likeness (QED) is 0.451. The fourth-order valence-corrected chi connectivity index (χ4v) is 2.61. The maximum Gasteiger partial charge on any atom is 0.341 e. The van der Waals surface area contributed by atoms with Gasteiger partial charge in [0.1, 0.15) is 0 Å². The molecule has 0 aromatic heterocycles. The number of rotatable bonds is 5. The van der Waals surface area contributed by atoms with Crippen LogP contribution in [0, 0.1) is 0 Å². The smallest absolute Gasteiger partial charge is 0.341 e. The van der Waals surface area contributed by atoms with E-state index in [1.54, 1.807) is 18.2 Å². The minimum Gasteiger partial charge on any atom is -0.452 e. The molecule has 0 heterocycles. The molecule has 130 valence electrons. The number of nitrogens with one attached hydrogen (secondary N) is 1. The van der Waals surface area contributed by atoms with E-state index in [4.69, 9.17) is 39.5 Å². The van der Waals surface area contributed by atoms with Gasteiger partial charge in [-0.2, -0.15) is 0 Å². The number of hydrogen-bond acceptors (Lipinski definition) is 4. The number of anilines is 1. The molecule has 0 radical (unpaired) electrons. The second-order valence-corrected chi connectivity index (χ2v) is 6.17. The highest BCUT2D eigenvalue weighted by atomic mass is 35.5. The van der Waals surface area contributed by atoms with E-state index in [1.165, 1.54) is 25.1 Å². The van der Waals surface area contributed by atoms with E-state index in [-0.39, 0.29) is 26.4 Å². The number of hydrogen-bond donors (Lipinski definition) is 1. The molecule has 2 aromatic carbocycles. The molecule has 0 aliphatic heterocycles. The summed E-state index contributed by atoms with van der Waals surface area (Å²) in [6.45, 7) is 0.865. The molecule has 0 fully saturated rings. The van der Waals surface area contributed by atoms with Gasteiger partial charge in [-0.05, 0) is 31.2 Å². The lowest BCUT2D eigenvalue weighted by molar-refractivity contribution is -0.119. The van der Waals surface area contributed by atoms with E-state index >= 15 is 0 Å². The third-order valence-corrected chi connectivity index (χ3v) is 4.25. The summed E-state index contributed by atoms with van der Waals surface area (Å²) in [7, 11) is 0. The highest BCUT2D eigenvalue weighted by molar-refractivity contribution is 6.46. The van der Waals surface area contributed by atoms with Crippen LogP contribution >= 0.6 is 34.8 Å². The van der Waals surface area contributed by atoms with Gasteiger partial charge in [0.15, 0.2) is 12.4 Å². The summed E-state index contributed by atoms with van der Waals surface area (Å²) in [6, 6.07) is 9.23. The molecule has 25 heavy (non-hydrogen) atoms. The molecule has 0 saturated heterocycles. The predicted molar refractivity (Wildman–Crippen MR) is 96.8 cm³/mol. The standard InChI is InChI=1S/C17H12Cl3NO4/c1-9(22)10-3-2-4-11(7-10)21-14(23)8-25-17(24)15-12(18)5-6-13(19)16(15)20/h2-7H,8H2,1H3,(H,21,23). The monoisotopic (exact) mass is 399 g/mol. The van der Waals surface area contributed by atoms with Gasteiger partial charge in [-0.25, -0.2) is 4.79 Å². The Kier molecular flexibility index (Phi) is 6.42. The number of esters is 1. The molecule has 0 unspecified atom stereocenters. The first-order chi connectivity index (χ1) is 11.8. The van der Waals surface area contributed by atoms with Gasteiger partial charge in [-0.15, -0.1) is 0 Å². The third kappa shape index (κ3) is 4.95. The molecule has 2 aromatic rings. The molecule has 0 spiro atoms. The van der Waals surface area contributed by atoms with Crippen molar-refractivity contribution >= 4 is 58.1 Å². The second kappa shape index (κ2) is 8.34. The van der Waals surface area contributed by atoms with Gasteiger partial charge in [0.25, 0.3) is 5.91 Å². The zero-order valence-electron chi connectivity index (χ0n) is 12.9. The fraction of sp³-hybridized carbons (Fsp3) is 0.118. The molecule has 5 nitrogen and oxygen atoms in total. The van der Waals surface area contributed by atoms with Crippen LogP contribution in [0.2, 0.25) is 15.1 Å². The van der Waals surface area contributed by atoms with Crippen LogP contribution in [0.15, 0.2) is 36.4 Å². The van der Waals surface area contributed by atoms with Gasteiger partial charge in [-0.1, -0.05) is 46.9 Å². The number of carbonyl (C=O) groups excluding carboxylic acids is 3. The maximum absolute atomic E-state index is 12.1. The minimum atomic E-state index is -0.870. The van der Waals surface area contributed by atoms with Gasteiger partial charge in [0.05, 0.1) is 20.6 Å². The Labute approximate surface area is 158 Å². The van der Waals surface area contributed by atoms with E-state index in [0.717, 1.165) is 0 Å². The second-order valence-electron chi connectivity index (χ2n) is 4.98. The summed E-state index contributed by atoms with van der Waals surface area (Å²) in [5.74, 6) is -1.58. The van der Waals surface area contributed by atoms with Crippen molar-refractivity contribution in [1.29, 1.82) is 0 Å². The molecule has 2 rings (SSSR count). The van der Waals surface area contributed by atoms with Crippen molar-refractivity contribution in [3.63, 3.8) is 0 Å². The number of halogens is 3. The minimum absolute atomic E-state index is 0.0475. The van der Waals surface area contributed by atoms with E-state index < -0.39 is 18.5 Å². The van der Waals surface area contributed by atoms with Gasteiger partial charge in [-0.3, -0.25) is 9.59 Å². The molecule has 0 aliphatic rings. The van der Waals surface area contributed by atoms with Gasteiger partial charge < -0.3 is 10.1 Å². The highest BCUT2D eigenvalue weighted by Gasteiger charge is 2.19. The topological polar surface area (TPSA) is 72.5 Å². The van der Waals surface area contributed by atoms with Crippen molar-refractivity contribution in [1.82, 2.24) is 0 Å². The summed E-state index contributed by atoms with van der Waals surface area (Å²) in [5, 5.41) is 2.68. The van der Waals surface area contributed by atoms with Gasteiger partial charge >= 0.3 is 5.97 Å². The van der Waals surface area contributed by atoms with Crippen LogP contribution in [0.3, 0.4) is 0 Å². The Balaban J connectivity index is 2.01. The van der Waals surface area contributed by atoms with Crippen LogP contribution in [-0.2, 0) is 9.53 Å². The van der Waals surface area contributed by atoms with Crippen molar-refractivity contribution < 1.29 is 19.1 Å². The predicted octanol–water partition coefficient (Wildman–Crippen LogP) is 4.64. The number of Topliss-reactive ketones (excluding diaryl/α,β-unsaturated/α-hetero) is 1. The largest absolute Gasteiger partial charge is 0.452 e. The Bertz CT molecular complexity index is 852. The van der Waals surface area contributed by atoms with Crippen molar-refractivity contribution in [3.8, 4) is 0 Å². The fourth-order valence-electron chi connectivity index (χ4n) is 1.93. The lowest BCUT2D eigenvalue weighted by Crippen LogP contribution is -2.21. The first-order valence-electron chi connectivity index (χ1n) is 7.01. The van der Waals surface area contributed by atoms with Crippen molar-refractivity contribution in [3.05, 3.63) is 62.6 Å². The van der Waals surface area contributed by atoms with E-state index in [9.17, 15) is 14.4 Å². The molecular formula is C17H12Cl3NO4. The Morgan fingerprint density at radius 3 is 2.40 bits per heavy atom.